The Balaban J connectivity index is 1.72. The van der Waals surface area contributed by atoms with Gasteiger partial charge in [-0.05, 0) is 26.2 Å². The third-order valence-corrected chi connectivity index (χ3v) is 3.57. The molecular weight excluding hydrogens is 204 g/mol. The molecule has 0 bridgehead atoms. The highest BCUT2D eigenvalue weighted by Crippen LogP contribution is 2.18. The summed E-state index contributed by atoms with van der Waals surface area (Å²) in [6.07, 6.45) is 4.17. The van der Waals surface area contributed by atoms with Gasteiger partial charge in [-0.25, -0.2) is 0 Å². The van der Waals surface area contributed by atoms with Crippen molar-refractivity contribution in [2.45, 2.75) is 44.8 Å². The molecule has 1 unspecified atom stereocenters. The second-order valence-electron chi connectivity index (χ2n) is 4.67. The van der Waals surface area contributed by atoms with E-state index in [9.17, 15) is 4.79 Å². The molecule has 0 aliphatic carbocycles. The minimum atomic E-state index is 0.296. The van der Waals surface area contributed by atoms with E-state index in [0.29, 0.717) is 24.5 Å². The quantitative estimate of drug-likeness (QED) is 0.752. The predicted molar refractivity (Wildman–Crippen MR) is 62.3 cm³/mol. The van der Waals surface area contributed by atoms with Gasteiger partial charge in [0.05, 0.1) is 12.1 Å². The fourth-order valence-electron chi connectivity index (χ4n) is 2.43. The van der Waals surface area contributed by atoms with Gasteiger partial charge in [0, 0.05) is 32.7 Å². The number of nitrogens with one attached hydrogen (secondary N) is 1. The first-order valence-corrected chi connectivity index (χ1v) is 6.43. The Labute approximate surface area is 97.3 Å². The van der Waals surface area contributed by atoms with Crippen LogP contribution in [0.25, 0.3) is 0 Å². The molecule has 2 aliphatic heterocycles. The predicted octanol–water partition coefficient (Wildman–Crippen LogP) is 0.766. The fourth-order valence-corrected chi connectivity index (χ4v) is 2.43. The monoisotopic (exact) mass is 226 g/mol. The molecule has 0 saturated carbocycles. The van der Waals surface area contributed by atoms with Gasteiger partial charge in [0.1, 0.15) is 0 Å². The van der Waals surface area contributed by atoms with E-state index in [-0.39, 0.29) is 0 Å². The molecule has 16 heavy (non-hydrogen) atoms. The number of carbonyl (C=O) groups is 1. The molecule has 0 spiro atoms. The van der Waals surface area contributed by atoms with E-state index in [4.69, 9.17) is 4.74 Å². The van der Waals surface area contributed by atoms with E-state index < -0.39 is 0 Å². The first kappa shape index (κ1) is 11.9. The van der Waals surface area contributed by atoms with Crippen LogP contribution >= 0.6 is 0 Å². The van der Waals surface area contributed by atoms with Gasteiger partial charge in [-0.2, -0.15) is 0 Å². The number of ether oxygens (including phenoxy) is 1. The highest BCUT2D eigenvalue weighted by atomic mass is 16.5. The van der Waals surface area contributed by atoms with Gasteiger partial charge in [0.15, 0.2) is 0 Å². The van der Waals surface area contributed by atoms with Gasteiger partial charge in [0.2, 0.25) is 5.91 Å². The summed E-state index contributed by atoms with van der Waals surface area (Å²) in [6.45, 7) is 5.68. The summed E-state index contributed by atoms with van der Waals surface area (Å²) in [4.78, 5) is 14.0. The number of amides is 1. The Kier molecular flexibility index (Phi) is 4.18. The first-order chi connectivity index (χ1) is 7.81. The molecule has 2 aliphatic rings. The lowest BCUT2D eigenvalue weighted by atomic mass is 10.1. The minimum absolute atomic E-state index is 0.296. The largest absolute Gasteiger partial charge is 0.378 e. The first-order valence-electron chi connectivity index (χ1n) is 6.43. The van der Waals surface area contributed by atoms with E-state index in [1.54, 1.807) is 0 Å². The van der Waals surface area contributed by atoms with Crippen molar-refractivity contribution >= 4 is 5.91 Å². The zero-order chi connectivity index (χ0) is 11.4. The van der Waals surface area contributed by atoms with Crippen LogP contribution in [0.15, 0.2) is 0 Å². The Morgan fingerprint density at radius 2 is 2.31 bits per heavy atom. The maximum Gasteiger partial charge on any atom is 0.222 e. The highest BCUT2D eigenvalue weighted by Gasteiger charge is 2.27. The van der Waals surface area contributed by atoms with E-state index >= 15 is 0 Å². The van der Waals surface area contributed by atoms with Crippen molar-refractivity contribution in [1.82, 2.24) is 10.2 Å². The molecule has 0 radical (unpaired) electrons. The normalized spacial score (nSPS) is 25.4. The standard InChI is InChI=1S/C12H22N2O2/c1-2-14(10-8-13-9-10)12(15)6-5-11-4-3-7-16-11/h10-11,13H,2-9H2,1H3. The molecule has 1 amide bonds. The average molecular weight is 226 g/mol. The van der Waals surface area contributed by atoms with Gasteiger partial charge >= 0.3 is 0 Å². The van der Waals surface area contributed by atoms with Crippen molar-refractivity contribution < 1.29 is 9.53 Å². The number of rotatable bonds is 5. The van der Waals surface area contributed by atoms with E-state index in [1.165, 1.54) is 0 Å². The zero-order valence-electron chi connectivity index (χ0n) is 10.1. The van der Waals surface area contributed by atoms with Crippen LogP contribution in [-0.2, 0) is 9.53 Å². The fraction of sp³-hybridized carbons (Fsp3) is 0.917. The third-order valence-electron chi connectivity index (χ3n) is 3.57. The molecule has 1 atom stereocenters. The van der Waals surface area contributed by atoms with Gasteiger partial charge in [-0.3, -0.25) is 4.79 Å². The van der Waals surface area contributed by atoms with E-state index in [0.717, 1.165) is 45.5 Å². The summed E-state index contributed by atoms with van der Waals surface area (Å²) in [5, 5.41) is 3.21. The van der Waals surface area contributed by atoms with Gasteiger partial charge < -0.3 is 15.0 Å². The van der Waals surface area contributed by atoms with Crippen LogP contribution in [0.4, 0.5) is 0 Å². The molecule has 4 heteroatoms. The lowest BCUT2D eigenvalue weighted by Gasteiger charge is -2.37. The molecule has 2 fully saturated rings. The maximum atomic E-state index is 12.0. The zero-order valence-corrected chi connectivity index (χ0v) is 10.1. The van der Waals surface area contributed by atoms with Crippen molar-refractivity contribution in [3.63, 3.8) is 0 Å². The Morgan fingerprint density at radius 1 is 1.50 bits per heavy atom. The van der Waals surface area contributed by atoms with Crippen molar-refractivity contribution in [2.75, 3.05) is 26.2 Å². The summed E-state index contributed by atoms with van der Waals surface area (Å²) in [7, 11) is 0. The summed E-state index contributed by atoms with van der Waals surface area (Å²) in [6, 6.07) is 0.432. The topological polar surface area (TPSA) is 41.6 Å². The lowest BCUT2D eigenvalue weighted by molar-refractivity contribution is -0.134. The Bertz CT molecular complexity index is 235. The molecule has 0 aromatic heterocycles. The van der Waals surface area contributed by atoms with E-state index in [2.05, 4.69) is 12.2 Å². The van der Waals surface area contributed by atoms with Crippen LogP contribution in [-0.4, -0.2) is 49.2 Å². The van der Waals surface area contributed by atoms with Crippen molar-refractivity contribution in [1.29, 1.82) is 0 Å². The van der Waals surface area contributed by atoms with Crippen LogP contribution in [0.3, 0.4) is 0 Å². The molecule has 2 rings (SSSR count). The third kappa shape index (κ3) is 2.74. The molecule has 92 valence electrons. The molecule has 4 nitrogen and oxygen atoms in total. The Morgan fingerprint density at radius 3 is 2.81 bits per heavy atom. The van der Waals surface area contributed by atoms with Crippen molar-refractivity contribution in [3.8, 4) is 0 Å². The van der Waals surface area contributed by atoms with E-state index in [1.807, 2.05) is 4.90 Å². The van der Waals surface area contributed by atoms with Crippen LogP contribution in [0.2, 0.25) is 0 Å². The van der Waals surface area contributed by atoms with Crippen LogP contribution < -0.4 is 5.32 Å². The summed E-state index contributed by atoms with van der Waals surface area (Å²) < 4.78 is 5.53. The second-order valence-corrected chi connectivity index (χ2v) is 4.67. The number of likely N-dealkylation sites (N-methyl/N-ethyl adjacent to an activating group) is 1. The molecular formula is C12H22N2O2. The van der Waals surface area contributed by atoms with Crippen molar-refractivity contribution in [3.05, 3.63) is 0 Å². The second kappa shape index (κ2) is 5.64. The summed E-state index contributed by atoms with van der Waals surface area (Å²) >= 11 is 0. The molecule has 2 saturated heterocycles. The lowest BCUT2D eigenvalue weighted by Crippen LogP contribution is -2.58. The van der Waals surface area contributed by atoms with Crippen LogP contribution in [0.1, 0.15) is 32.6 Å². The van der Waals surface area contributed by atoms with Crippen molar-refractivity contribution in [2.24, 2.45) is 0 Å². The number of carbonyl (C=O) groups excluding carboxylic acids is 1. The van der Waals surface area contributed by atoms with Crippen LogP contribution in [0, 0.1) is 0 Å². The van der Waals surface area contributed by atoms with Crippen LogP contribution in [0.5, 0.6) is 0 Å². The molecule has 2 heterocycles. The SMILES string of the molecule is CCN(C(=O)CCC1CCCO1)C1CNC1. The smallest absolute Gasteiger partial charge is 0.222 e. The number of nitrogens with zero attached hydrogens (tertiary/aromatic N) is 1. The highest BCUT2D eigenvalue weighted by molar-refractivity contribution is 5.76. The summed E-state index contributed by atoms with van der Waals surface area (Å²) in [5.41, 5.74) is 0. The molecule has 1 N–H and O–H groups in total. The maximum absolute atomic E-state index is 12.0. The average Bonchev–Trinajstić information content (AvgIpc) is 2.72. The number of hydrogen-bond acceptors (Lipinski definition) is 3. The summed E-state index contributed by atoms with van der Waals surface area (Å²) in [5.74, 6) is 0.296. The van der Waals surface area contributed by atoms with Gasteiger partial charge in [0.25, 0.3) is 0 Å². The molecule has 0 aromatic rings. The van der Waals surface area contributed by atoms with Gasteiger partial charge in [-0.15, -0.1) is 0 Å². The number of hydrogen-bond donors (Lipinski definition) is 1. The van der Waals surface area contributed by atoms with Gasteiger partial charge in [-0.1, -0.05) is 0 Å². The Hall–Kier alpha value is -0.610. The molecule has 0 aromatic carbocycles. The minimum Gasteiger partial charge on any atom is -0.378 e.